The molecule has 11 aromatic carbocycles. The van der Waals surface area contributed by atoms with Crippen molar-refractivity contribution in [2.24, 2.45) is 0 Å². The maximum absolute atomic E-state index is 5.42. The van der Waals surface area contributed by atoms with Gasteiger partial charge >= 0.3 is 0 Å². The summed E-state index contributed by atoms with van der Waals surface area (Å²) in [5, 5.41) is 6.96. The first-order valence-corrected chi connectivity index (χ1v) is 27.1. The van der Waals surface area contributed by atoms with E-state index in [0.717, 1.165) is 105 Å². The summed E-state index contributed by atoms with van der Waals surface area (Å²) in [6, 6.07) is 95.1. The van der Waals surface area contributed by atoms with Crippen LogP contribution in [0.2, 0.25) is 0 Å². The fraction of sp³-hybridized carbons (Fsp3) is 0. The summed E-state index contributed by atoms with van der Waals surface area (Å²) in [5.41, 5.74) is 14.8. The van der Waals surface area contributed by atoms with E-state index in [2.05, 4.69) is 208 Å². The van der Waals surface area contributed by atoms with Crippen LogP contribution in [0.15, 0.2) is 273 Å². The van der Waals surface area contributed by atoms with Gasteiger partial charge in [-0.2, -0.15) is 0 Å². The molecular formula is C72H45N9. The molecule has 0 radical (unpaired) electrons. The first-order valence-electron chi connectivity index (χ1n) is 27.1. The molecule has 0 saturated heterocycles. The van der Waals surface area contributed by atoms with Gasteiger partial charge in [0, 0.05) is 71.4 Å². The molecule has 378 valence electrons. The average Bonchev–Trinajstić information content (AvgIpc) is 4.24. The maximum Gasteiger partial charge on any atom is 0.166 e. The van der Waals surface area contributed by atoms with Crippen molar-refractivity contribution in [1.29, 1.82) is 0 Å². The number of para-hydroxylation sites is 6. The first-order chi connectivity index (χ1) is 40.2. The van der Waals surface area contributed by atoms with Crippen molar-refractivity contribution < 1.29 is 0 Å². The summed E-state index contributed by atoms with van der Waals surface area (Å²) < 4.78 is 7.09. The van der Waals surface area contributed by atoms with Gasteiger partial charge in [0.15, 0.2) is 34.9 Å². The second-order valence-corrected chi connectivity index (χ2v) is 20.2. The van der Waals surface area contributed by atoms with Crippen molar-refractivity contribution >= 4 is 65.4 Å². The van der Waals surface area contributed by atoms with Gasteiger partial charge in [0.1, 0.15) is 0 Å². The second-order valence-electron chi connectivity index (χ2n) is 20.2. The van der Waals surface area contributed by atoms with E-state index < -0.39 is 0 Å². The Hall–Kier alpha value is -11.2. The molecule has 0 N–H and O–H groups in total. The van der Waals surface area contributed by atoms with Crippen LogP contribution >= 0.6 is 0 Å². The summed E-state index contributed by atoms with van der Waals surface area (Å²) in [4.78, 5) is 31.5. The van der Waals surface area contributed by atoms with Crippen molar-refractivity contribution in [3.63, 3.8) is 0 Å². The molecule has 0 aliphatic carbocycles. The summed E-state index contributed by atoms with van der Waals surface area (Å²) in [6.07, 6.45) is 0. The van der Waals surface area contributed by atoms with Gasteiger partial charge in [0.2, 0.25) is 0 Å². The lowest BCUT2D eigenvalue weighted by molar-refractivity contribution is 1.06. The standard InChI is InChI=1S/C72H45N9/c1-4-23-46(24-5-1)67-73-68(47-25-6-2-7-26-47)76-71(75-67)55-35-14-20-41-61(55)80-59-39-18-12-33-53(59)65-63(80)43-44-64-66(65)54-34-13-19-40-60(54)81(64)62-42-21-15-36-56(62)72-77-69(48-27-8-3-9-28-48)74-70(78-72)49-29-22-30-50(45-49)79-57-37-16-10-31-51(57)52-32-11-17-38-58(52)79/h1-45H. The third-order valence-corrected chi connectivity index (χ3v) is 15.6. The number of hydrogen-bond donors (Lipinski definition) is 0. The van der Waals surface area contributed by atoms with Crippen molar-refractivity contribution in [3.8, 4) is 85.4 Å². The Bertz CT molecular complexity index is 5010. The predicted octanol–water partition coefficient (Wildman–Crippen LogP) is 17.3. The van der Waals surface area contributed by atoms with Gasteiger partial charge in [-0.15, -0.1) is 0 Å². The minimum Gasteiger partial charge on any atom is -0.309 e. The lowest BCUT2D eigenvalue weighted by atomic mass is 10.1. The average molecular weight is 1040 g/mol. The molecular weight excluding hydrogens is 991 g/mol. The normalized spacial score (nSPS) is 11.7. The van der Waals surface area contributed by atoms with Gasteiger partial charge in [-0.3, -0.25) is 0 Å². The molecule has 9 nitrogen and oxygen atoms in total. The Morgan fingerprint density at radius 3 is 0.963 bits per heavy atom. The Balaban J connectivity index is 0.892. The van der Waals surface area contributed by atoms with Crippen LogP contribution in [0.3, 0.4) is 0 Å². The lowest BCUT2D eigenvalue weighted by Crippen LogP contribution is -2.04. The van der Waals surface area contributed by atoms with Crippen LogP contribution in [0, 0.1) is 0 Å². The molecule has 16 aromatic rings. The zero-order chi connectivity index (χ0) is 53.4. The fourth-order valence-electron chi connectivity index (χ4n) is 12.0. The number of rotatable bonds is 9. The first kappa shape index (κ1) is 46.0. The summed E-state index contributed by atoms with van der Waals surface area (Å²) >= 11 is 0. The van der Waals surface area contributed by atoms with Gasteiger partial charge in [0.05, 0.1) is 44.5 Å². The third kappa shape index (κ3) is 7.55. The van der Waals surface area contributed by atoms with E-state index in [1.165, 1.54) is 10.8 Å². The van der Waals surface area contributed by atoms with E-state index in [9.17, 15) is 0 Å². The highest BCUT2D eigenvalue weighted by Gasteiger charge is 2.25. The van der Waals surface area contributed by atoms with Crippen molar-refractivity contribution in [2.75, 3.05) is 0 Å². The monoisotopic (exact) mass is 1040 g/mol. The number of benzene rings is 11. The quantitative estimate of drug-likeness (QED) is 0.143. The van der Waals surface area contributed by atoms with Gasteiger partial charge in [-0.05, 0) is 72.8 Å². The molecule has 0 unspecified atom stereocenters. The summed E-state index contributed by atoms with van der Waals surface area (Å²) in [7, 11) is 0. The van der Waals surface area contributed by atoms with Crippen LogP contribution in [-0.4, -0.2) is 43.6 Å². The van der Waals surface area contributed by atoms with E-state index in [4.69, 9.17) is 29.9 Å². The van der Waals surface area contributed by atoms with E-state index >= 15 is 0 Å². The van der Waals surface area contributed by atoms with Crippen molar-refractivity contribution in [2.45, 2.75) is 0 Å². The SMILES string of the molecule is c1ccc(-c2nc(-c3ccccc3)nc(-c3ccccc3-n3c4ccccc4c4c5c6ccccc6n(-c6ccccc6-c6nc(-c7ccccc7)nc(-c7cccc(-n8c9ccccc9c9ccccc98)c7)n6)c5ccc43)n2)cc1. The minimum absolute atomic E-state index is 0.570. The highest BCUT2D eigenvalue weighted by molar-refractivity contribution is 6.29. The molecule has 0 spiro atoms. The van der Waals surface area contributed by atoms with Crippen LogP contribution in [0.4, 0.5) is 0 Å². The number of nitrogens with zero attached hydrogens (tertiary/aromatic N) is 9. The van der Waals surface area contributed by atoms with Gasteiger partial charge < -0.3 is 13.7 Å². The van der Waals surface area contributed by atoms with Crippen LogP contribution in [0.1, 0.15) is 0 Å². The molecule has 0 amide bonds. The lowest BCUT2D eigenvalue weighted by Gasteiger charge is -2.15. The van der Waals surface area contributed by atoms with Crippen LogP contribution in [0.5, 0.6) is 0 Å². The van der Waals surface area contributed by atoms with E-state index in [0.29, 0.717) is 34.9 Å². The Morgan fingerprint density at radius 2 is 0.531 bits per heavy atom. The number of aromatic nitrogens is 9. The zero-order valence-corrected chi connectivity index (χ0v) is 43.5. The molecule has 0 fully saturated rings. The molecule has 5 aromatic heterocycles. The Labute approximate surface area is 465 Å². The maximum atomic E-state index is 5.42. The summed E-state index contributed by atoms with van der Waals surface area (Å²) in [6.45, 7) is 0. The molecule has 16 rings (SSSR count). The topological polar surface area (TPSA) is 92.1 Å². The third-order valence-electron chi connectivity index (χ3n) is 15.6. The summed E-state index contributed by atoms with van der Waals surface area (Å²) in [5.74, 6) is 3.56. The molecule has 5 heterocycles. The van der Waals surface area contributed by atoms with Crippen LogP contribution in [0.25, 0.3) is 151 Å². The predicted molar refractivity (Wildman–Crippen MR) is 329 cm³/mol. The highest BCUT2D eigenvalue weighted by atomic mass is 15.1. The molecule has 0 saturated carbocycles. The minimum atomic E-state index is 0.570. The molecule has 9 heteroatoms. The van der Waals surface area contributed by atoms with Crippen LogP contribution in [-0.2, 0) is 0 Å². The van der Waals surface area contributed by atoms with Gasteiger partial charge in [0.25, 0.3) is 0 Å². The van der Waals surface area contributed by atoms with E-state index in [-0.39, 0.29) is 0 Å². The Morgan fingerprint density at radius 1 is 0.210 bits per heavy atom. The molecule has 0 aliphatic rings. The van der Waals surface area contributed by atoms with Crippen molar-refractivity contribution in [3.05, 3.63) is 273 Å². The molecule has 0 atom stereocenters. The second kappa shape index (κ2) is 18.8. The molecule has 0 bridgehead atoms. The fourth-order valence-corrected chi connectivity index (χ4v) is 12.0. The molecule has 81 heavy (non-hydrogen) atoms. The van der Waals surface area contributed by atoms with E-state index in [1.54, 1.807) is 0 Å². The van der Waals surface area contributed by atoms with Gasteiger partial charge in [-0.1, -0.05) is 200 Å². The zero-order valence-electron chi connectivity index (χ0n) is 43.5. The highest BCUT2D eigenvalue weighted by Crippen LogP contribution is 2.45. The molecule has 0 aliphatic heterocycles. The van der Waals surface area contributed by atoms with Gasteiger partial charge in [-0.25, -0.2) is 29.9 Å². The number of fused-ring (bicyclic) bond motifs is 10. The number of hydrogen-bond acceptors (Lipinski definition) is 6. The largest absolute Gasteiger partial charge is 0.309 e. The smallest absolute Gasteiger partial charge is 0.166 e. The Kier molecular flexibility index (Phi) is 10.7. The van der Waals surface area contributed by atoms with E-state index in [1.807, 2.05) is 78.9 Å². The van der Waals surface area contributed by atoms with Crippen LogP contribution < -0.4 is 0 Å². The van der Waals surface area contributed by atoms with Crippen molar-refractivity contribution in [1.82, 2.24) is 43.6 Å².